The molecule has 1 amide bonds. The number of hydrogen-bond donors (Lipinski definition) is 1. The molecule has 0 radical (unpaired) electrons. The first-order valence-corrected chi connectivity index (χ1v) is 8.95. The Balaban J connectivity index is 1.84. The van der Waals surface area contributed by atoms with Crippen molar-refractivity contribution in [2.45, 2.75) is 38.6 Å². The van der Waals surface area contributed by atoms with Crippen LogP contribution < -0.4 is 10.2 Å². The molecule has 2 heterocycles. The second-order valence-electron chi connectivity index (χ2n) is 6.40. The summed E-state index contributed by atoms with van der Waals surface area (Å²) < 4.78 is 2.82. The lowest BCUT2D eigenvalue weighted by atomic mass is 10.2. The van der Waals surface area contributed by atoms with Gasteiger partial charge in [0.2, 0.25) is 0 Å². The molecule has 0 saturated heterocycles. The number of aromatic nitrogens is 3. The van der Waals surface area contributed by atoms with Crippen LogP contribution in [0.4, 0.5) is 11.5 Å². The molecule has 7 heteroatoms. The molecule has 128 valence electrons. The summed E-state index contributed by atoms with van der Waals surface area (Å²) in [5.74, 6) is 0.457. The molecule has 2 aromatic heterocycles. The highest BCUT2D eigenvalue weighted by molar-refractivity contribution is 9.10. The number of pyridine rings is 1. The second-order valence-corrected chi connectivity index (χ2v) is 7.32. The van der Waals surface area contributed by atoms with Crippen LogP contribution in [0.2, 0.25) is 0 Å². The number of amides is 1. The Labute approximate surface area is 150 Å². The van der Waals surface area contributed by atoms with Crippen molar-refractivity contribution in [3.63, 3.8) is 0 Å². The molecule has 1 fully saturated rings. The van der Waals surface area contributed by atoms with Crippen LogP contribution >= 0.6 is 15.9 Å². The Morgan fingerprint density at radius 2 is 2.04 bits per heavy atom. The van der Waals surface area contributed by atoms with Gasteiger partial charge in [-0.05, 0) is 41.8 Å². The van der Waals surface area contributed by atoms with Gasteiger partial charge in [0, 0.05) is 24.8 Å². The fourth-order valence-corrected chi connectivity index (χ4v) is 3.54. The molecule has 1 aliphatic rings. The van der Waals surface area contributed by atoms with Gasteiger partial charge in [-0.2, -0.15) is 5.10 Å². The van der Waals surface area contributed by atoms with Crippen molar-refractivity contribution in [1.82, 2.24) is 14.8 Å². The van der Waals surface area contributed by atoms with E-state index in [9.17, 15) is 4.79 Å². The molecule has 24 heavy (non-hydrogen) atoms. The van der Waals surface area contributed by atoms with Gasteiger partial charge >= 0.3 is 0 Å². The molecule has 0 spiro atoms. The molecule has 0 aromatic carbocycles. The van der Waals surface area contributed by atoms with Crippen molar-refractivity contribution in [2.24, 2.45) is 0 Å². The van der Waals surface area contributed by atoms with Crippen LogP contribution in [0.3, 0.4) is 0 Å². The van der Waals surface area contributed by atoms with Crippen LogP contribution in [-0.2, 0) is 0 Å². The Morgan fingerprint density at radius 3 is 2.71 bits per heavy atom. The number of hydrogen-bond acceptors (Lipinski definition) is 4. The van der Waals surface area contributed by atoms with Gasteiger partial charge < -0.3 is 10.2 Å². The normalized spacial score (nSPS) is 14.8. The highest BCUT2D eigenvalue weighted by Crippen LogP contribution is 2.32. The van der Waals surface area contributed by atoms with Crippen LogP contribution in [0.1, 0.15) is 47.8 Å². The first-order valence-electron chi connectivity index (χ1n) is 8.15. The first-order chi connectivity index (χ1) is 11.5. The summed E-state index contributed by atoms with van der Waals surface area (Å²) in [6.45, 7) is 2.01. The lowest BCUT2D eigenvalue weighted by Crippen LogP contribution is -2.20. The SMILES string of the molecule is Cc1c(NC(=O)c2cc(Br)cnc2N(C)C)cnn1C1CCCC1. The quantitative estimate of drug-likeness (QED) is 0.860. The average molecular weight is 392 g/mol. The molecule has 1 saturated carbocycles. The predicted molar refractivity (Wildman–Crippen MR) is 98.7 cm³/mol. The Bertz CT molecular complexity index is 749. The number of rotatable bonds is 4. The fourth-order valence-electron chi connectivity index (χ4n) is 3.21. The summed E-state index contributed by atoms with van der Waals surface area (Å²) in [6.07, 6.45) is 8.26. The smallest absolute Gasteiger partial charge is 0.259 e. The highest BCUT2D eigenvalue weighted by atomic mass is 79.9. The lowest BCUT2D eigenvalue weighted by Gasteiger charge is -2.16. The Hall–Kier alpha value is -1.89. The zero-order valence-corrected chi connectivity index (χ0v) is 15.8. The molecule has 0 aliphatic heterocycles. The van der Waals surface area contributed by atoms with Crippen molar-refractivity contribution in [1.29, 1.82) is 0 Å². The van der Waals surface area contributed by atoms with Crippen LogP contribution in [0.5, 0.6) is 0 Å². The Kier molecular flexibility index (Phi) is 4.89. The van der Waals surface area contributed by atoms with Crippen molar-refractivity contribution in [2.75, 3.05) is 24.3 Å². The van der Waals surface area contributed by atoms with E-state index in [1.807, 2.05) is 25.9 Å². The van der Waals surface area contributed by atoms with E-state index >= 15 is 0 Å². The van der Waals surface area contributed by atoms with Gasteiger partial charge in [0.15, 0.2) is 0 Å². The maximum absolute atomic E-state index is 12.7. The van der Waals surface area contributed by atoms with Crippen LogP contribution in [-0.4, -0.2) is 34.8 Å². The third-order valence-electron chi connectivity index (χ3n) is 4.46. The largest absolute Gasteiger partial charge is 0.362 e. The first kappa shape index (κ1) is 17.0. The van der Waals surface area contributed by atoms with E-state index in [4.69, 9.17) is 0 Å². The highest BCUT2D eigenvalue weighted by Gasteiger charge is 2.22. The van der Waals surface area contributed by atoms with E-state index in [1.54, 1.807) is 18.5 Å². The maximum atomic E-state index is 12.7. The zero-order chi connectivity index (χ0) is 17.3. The Morgan fingerprint density at radius 1 is 1.33 bits per heavy atom. The molecule has 1 aliphatic carbocycles. The molecule has 0 unspecified atom stereocenters. The van der Waals surface area contributed by atoms with E-state index in [1.165, 1.54) is 12.8 Å². The summed E-state index contributed by atoms with van der Waals surface area (Å²) in [4.78, 5) is 18.9. The minimum Gasteiger partial charge on any atom is -0.362 e. The third-order valence-corrected chi connectivity index (χ3v) is 4.90. The van der Waals surface area contributed by atoms with Crippen LogP contribution in [0.25, 0.3) is 0 Å². The standard InChI is InChI=1S/C17H22BrN5O/c1-11-15(10-20-23(11)13-6-4-5-7-13)21-17(24)14-8-12(18)9-19-16(14)22(2)3/h8-10,13H,4-7H2,1-3H3,(H,21,24). The van der Waals surface area contributed by atoms with Gasteiger partial charge in [0.25, 0.3) is 5.91 Å². The van der Waals surface area contributed by atoms with Crippen molar-refractivity contribution in [3.05, 3.63) is 34.2 Å². The summed E-state index contributed by atoms with van der Waals surface area (Å²) in [6, 6.07) is 2.24. The number of carbonyl (C=O) groups is 1. The molecular formula is C17H22BrN5O. The second kappa shape index (κ2) is 6.93. The minimum absolute atomic E-state index is 0.179. The zero-order valence-electron chi connectivity index (χ0n) is 14.2. The molecule has 3 rings (SSSR count). The summed E-state index contributed by atoms with van der Waals surface area (Å²) in [7, 11) is 3.74. The monoisotopic (exact) mass is 391 g/mol. The summed E-state index contributed by atoms with van der Waals surface area (Å²) >= 11 is 3.38. The van der Waals surface area contributed by atoms with Gasteiger partial charge in [-0.3, -0.25) is 9.48 Å². The van der Waals surface area contributed by atoms with Gasteiger partial charge in [-0.1, -0.05) is 12.8 Å². The van der Waals surface area contributed by atoms with E-state index in [2.05, 4.69) is 36.0 Å². The lowest BCUT2D eigenvalue weighted by molar-refractivity contribution is 0.102. The number of anilines is 2. The predicted octanol–water partition coefficient (Wildman–Crippen LogP) is 3.78. The summed E-state index contributed by atoms with van der Waals surface area (Å²) in [5.41, 5.74) is 2.29. The molecular weight excluding hydrogens is 370 g/mol. The number of halogens is 1. The van der Waals surface area contributed by atoms with Crippen LogP contribution in [0.15, 0.2) is 22.9 Å². The van der Waals surface area contributed by atoms with Crippen molar-refractivity contribution in [3.8, 4) is 0 Å². The maximum Gasteiger partial charge on any atom is 0.259 e. The van der Waals surface area contributed by atoms with Crippen molar-refractivity contribution >= 4 is 33.3 Å². The molecule has 0 atom stereocenters. The molecule has 0 bridgehead atoms. The molecule has 2 aromatic rings. The topological polar surface area (TPSA) is 63.1 Å². The van der Waals surface area contributed by atoms with E-state index in [0.29, 0.717) is 17.4 Å². The van der Waals surface area contributed by atoms with Gasteiger partial charge in [0.1, 0.15) is 5.82 Å². The van der Waals surface area contributed by atoms with Gasteiger partial charge in [-0.25, -0.2) is 4.98 Å². The van der Waals surface area contributed by atoms with E-state index in [0.717, 1.165) is 28.7 Å². The minimum atomic E-state index is -0.179. The van der Waals surface area contributed by atoms with Crippen LogP contribution in [0, 0.1) is 6.92 Å². The van der Waals surface area contributed by atoms with Crippen molar-refractivity contribution < 1.29 is 4.79 Å². The van der Waals surface area contributed by atoms with Gasteiger partial charge in [0.05, 0.1) is 29.2 Å². The number of nitrogens with one attached hydrogen (secondary N) is 1. The van der Waals surface area contributed by atoms with E-state index < -0.39 is 0 Å². The molecule has 6 nitrogen and oxygen atoms in total. The average Bonchev–Trinajstić information content (AvgIpc) is 3.17. The third kappa shape index (κ3) is 3.31. The van der Waals surface area contributed by atoms with Gasteiger partial charge in [-0.15, -0.1) is 0 Å². The molecule has 1 N–H and O–H groups in total. The summed E-state index contributed by atoms with van der Waals surface area (Å²) in [5, 5.41) is 7.47. The number of carbonyl (C=O) groups excluding carboxylic acids is 1. The number of nitrogens with zero attached hydrogens (tertiary/aromatic N) is 4. The van der Waals surface area contributed by atoms with E-state index in [-0.39, 0.29) is 5.91 Å². The fraction of sp³-hybridized carbons (Fsp3) is 0.471.